The van der Waals surface area contributed by atoms with Crippen molar-refractivity contribution in [2.75, 3.05) is 6.54 Å². The van der Waals surface area contributed by atoms with Crippen LogP contribution in [0.5, 0.6) is 5.75 Å². The summed E-state index contributed by atoms with van der Waals surface area (Å²) in [5.41, 5.74) is 0.262. The predicted octanol–water partition coefficient (Wildman–Crippen LogP) is 3.78. The Morgan fingerprint density at radius 1 is 1.37 bits per heavy atom. The monoisotopic (exact) mass is 326 g/mol. The Hall–Kier alpha value is -0.610. The molecule has 0 bridgehead atoms. The molecule has 1 aromatic rings. The molecule has 1 aromatic heterocycles. The van der Waals surface area contributed by atoms with Gasteiger partial charge in [-0.2, -0.15) is 0 Å². The summed E-state index contributed by atoms with van der Waals surface area (Å²) < 4.78 is 7.14. The zero-order valence-electron chi connectivity index (χ0n) is 11.9. The minimum Gasteiger partial charge on any atom is -0.488 e. The van der Waals surface area contributed by atoms with Gasteiger partial charge in [0.2, 0.25) is 0 Å². The average molecular weight is 327 g/mol. The van der Waals surface area contributed by atoms with Crippen molar-refractivity contribution in [3.05, 3.63) is 22.9 Å². The number of ether oxygens (including phenoxy) is 1. The SMILES string of the molecule is CCNC1CC(Oc2cncc(Br)c2)C1(CC)CC. The molecule has 2 atom stereocenters. The van der Waals surface area contributed by atoms with Crippen molar-refractivity contribution in [2.45, 2.75) is 52.2 Å². The van der Waals surface area contributed by atoms with Crippen LogP contribution in [-0.2, 0) is 0 Å². The third-order valence-electron chi connectivity index (χ3n) is 4.51. The van der Waals surface area contributed by atoms with Crippen LogP contribution < -0.4 is 10.1 Å². The smallest absolute Gasteiger partial charge is 0.139 e. The quantitative estimate of drug-likeness (QED) is 0.863. The van der Waals surface area contributed by atoms with Gasteiger partial charge in [-0.1, -0.05) is 20.8 Å². The van der Waals surface area contributed by atoms with Crippen molar-refractivity contribution in [1.29, 1.82) is 0 Å². The fraction of sp³-hybridized carbons (Fsp3) is 0.667. The van der Waals surface area contributed by atoms with E-state index in [1.54, 1.807) is 12.4 Å². The molecule has 1 heterocycles. The molecule has 1 saturated carbocycles. The van der Waals surface area contributed by atoms with Crippen LogP contribution >= 0.6 is 15.9 Å². The zero-order valence-corrected chi connectivity index (χ0v) is 13.5. The van der Waals surface area contributed by atoms with Crippen LogP contribution in [0.15, 0.2) is 22.9 Å². The summed E-state index contributed by atoms with van der Waals surface area (Å²) in [7, 11) is 0. The van der Waals surface area contributed by atoms with E-state index in [-0.39, 0.29) is 5.41 Å². The largest absolute Gasteiger partial charge is 0.488 e. The van der Waals surface area contributed by atoms with Crippen molar-refractivity contribution < 1.29 is 4.74 Å². The fourth-order valence-corrected chi connectivity index (χ4v) is 3.61. The number of nitrogens with one attached hydrogen (secondary N) is 1. The first-order valence-electron chi connectivity index (χ1n) is 7.16. The molecular weight excluding hydrogens is 304 g/mol. The van der Waals surface area contributed by atoms with E-state index in [2.05, 4.69) is 47.0 Å². The maximum absolute atomic E-state index is 6.17. The Morgan fingerprint density at radius 3 is 2.68 bits per heavy atom. The Kier molecular flexibility index (Phi) is 4.85. The molecule has 1 aliphatic rings. The molecule has 0 aliphatic heterocycles. The Balaban J connectivity index is 2.08. The number of pyridine rings is 1. The average Bonchev–Trinajstić information content (AvgIpc) is 2.39. The number of nitrogens with zero attached hydrogens (tertiary/aromatic N) is 1. The molecule has 106 valence electrons. The standard InChI is InChI=1S/C15H23BrN2O/c1-4-15(5-2)13(18-6-3)8-14(15)19-12-7-11(16)9-17-10-12/h7,9-10,13-14,18H,4-6,8H2,1-3H3. The molecule has 0 spiro atoms. The van der Waals surface area contributed by atoms with Crippen LogP contribution in [0.25, 0.3) is 0 Å². The van der Waals surface area contributed by atoms with Gasteiger partial charge in [0.05, 0.1) is 6.20 Å². The molecule has 1 aliphatic carbocycles. The van der Waals surface area contributed by atoms with E-state index in [0.29, 0.717) is 12.1 Å². The van der Waals surface area contributed by atoms with Gasteiger partial charge in [0.15, 0.2) is 0 Å². The summed E-state index contributed by atoms with van der Waals surface area (Å²) in [6.45, 7) is 7.73. The van der Waals surface area contributed by atoms with Crippen LogP contribution in [0.3, 0.4) is 0 Å². The summed E-state index contributed by atoms with van der Waals surface area (Å²) in [5, 5.41) is 3.60. The van der Waals surface area contributed by atoms with Gasteiger partial charge >= 0.3 is 0 Å². The highest BCUT2D eigenvalue weighted by Gasteiger charge is 2.53. The third kappa shape index (κ3) is 2.79. The van der Waals surface area contributed by atoms with Crippen molar-refractivity contribution in [3.8, 4) is 5.75 Å². The predicted molar refractivity (Wildman–Crippen MR) is 81.4 cm³/mol. The number of halogens is 1. The number of hydrogen-bond acceptors (Lipinski definition) is 3. The van der Waals surface area contributed by atoms with E-state index < -0.39 is 0 Å². The van der Waals surface area contributed by atoms with Gasteiger partial charge in [0.1, 0.15) is 11.9 Å². The van der Waals surface area contributed by atoms with Crippen molar-refractivity contribution in [1.82, 2.24) is 10.3 Å². The highest BCUT2D eigenvalue weighted by atomic mass is 79.9. The Bertz CT molecular complexity index is 420. The van der Waals surface area contributed by atoms with Crippen LogP contribution in [0, 0.1) is 5.41 Å². The molecule has 2 unspecified atom stereocenters. The summed E-state index contributed by atoms with van der Waals surface area (Å²) >= 11 is 3.44. The lowest BCUT2D eigenvalue weighted by Crippen LogP contribution is -2.64. The first kappa shape index (κ1) is 14.8. The van der Waals surface area contributed by atoms with Crippen molar-refractivity contribution in [3.63, 3.8) is 0 Å². The second-order valence-electron chi connectivity index (χ2n) is 5.23. The molecule has 1 fully saturated rings. The van der Waals surface area contributed by atoms with Gasteiger partial charge in [0, 0.05) is 28.5 Å². The highest BCUT2D eigenvalue weighted by Crippen LogP contribution is 2.49. The van der Waals surface area contributed by atoms with E-state index in [4.69, 9.17) is 4.74 Å². The van der Waals surface area contributed by atoms with E-state index >= 15 is 0 Å². The van der Waals surface area contributed by atoms with Gasteiger partial charge in [-0.15, -0.1) is 0 Å². The topological polar surface area (TPSA) is 34.1 Å². The number of aromatic nitrogens is 1. The molecule has 19 heavy (non-hydrogen) atoms. The molecule has 0 amide bonds. The number of hydrogen-bond donors (Lipinski definition) is 1. The van der Waals surface area contributed by atoms with E-state index in [9.17, 15) is 0 Å². The second-order valence-corrected chi connectivity index (χ2v) is 6.15. The first-order valence-corrected chi connectivity index (χ1v) is 7.96. The van der Waals surface area contributed by atoms with Crippen molar-refractivity contribution >= 4 is 15.9 Å². The minimum atomic E-state index is 0.262. The van der Waals surface area contributed by atoms with E-state index in [1.807, 2.05) is 6.07 Å². The van der Waals surface area contributed by atoms with Gasteiger partial charge in [-0.25, -0.2) is 0 Å². The molecule has 1 N–H and O–H groups in total. The van der Waals surface area contributed by atoms with Crippen LogP contribution in [0.2, 0.25) is 0 Å². The molecular formula is C15H23BrN2O. The summed E-state index contributed by atoms with van der Waals surface area (Å²) in [6.07, 6.45) is 7.24. The zero-order chi connectivity index (χ0) is 13.9. The fourth-order valence-electron chi connectivity index (χ4n) is 3.27. The maximum atomic E-state index is 6.17. The minimum absolute atomic E-state index is 0.262. The lowest BCUT2D eigenvalue weighted by Gasteiger charge is -2.55. The number of rotatable bonds is 6. The van der Waals surface area contributed by atoms with Crippen LogP contribution in [0.4, 0.5) is 0 Å². The highest BCUT2D eigenvalue weighted by molar-refractivity contribution is 9.10. The van der Waals surface area contributed by atoms with Crippen LogP contribution in [0.1, 0.15) is 40.0 Å². The van der Waals surface area contributed by atoms with Crippen LogP contribution in [-0.4, -0.2) is 23.7 Å². The molecule has 0 aromatic carbocycles. The lowest BCUT2D eigenvalue weighted by atomic mass is 9.58. The lowest BCUT2D eigenvalue weighted by molar-refractivity contribution is -0.0855. The first-order chi connectivity index (χ1) is 9.16. The van der Waals surface area contributed by atoms with Gasteiger partial charge in [-0.3, -0.25) is 4.98 Å². The second kappa shape index (κ2) is 6.23. The summed E-state index contributed by atoms with van der Waals surface area (Å²) in [5.74, 6) is 0.862. The molecule has 2 rings (SSSR count). The van der Waals surface area contributed by atoms with Gasteiger partial charge in [0.25, 0.3) is 0 Å². The molecule has 0 saturated heterocycles. The van der Waals surface area contributed by atoms with Crippen molar-refractivity contribution in [2.24, 2.45) is 5.41 Å². The van der Waals surface area contributed by atoms with Gasteiger partial charge in [-0.05, 0) is 41.4 Å². The normalized spacial score (nSPS) is 24.8. The van der Waals surface area contributed by atoms with Gasteiger partial charge < -0.3 is 10.1 Å². The molecule has 4 heteroatoms. The summed E-state index contributed by atoms with van der Waals surface area (Å²) in [4.78, 5) is 4.16. The summed E-state index contributed by atoms with van der Waals surface area (Å²) in [6, 6.07) is 2.57. The third-order valence-corrected chi connectivity index (χ3v) is 4.94. The molecule has 3 nitrogen and oxygen atoms in total. The van der Waals surface area contributed by atoms with E-state index in [1.165, 1.54) is 0 Å². The maximum Gasteiger partial charge on any atom is 0.139 e. The molecule has 0 radical (unpaired) electrons. The Morgan fingerprint density at radius 2 is 2.11 bits per heavy atom. The van der Waals surface area contributed by atoms with E-state index in [0.717, 1.165) is 36.0 Å². The Labute approximate surface area is 124 Å².